The van der Waals surface area contributed by atoms with E-state index in [9.17, 15) is 14.4 Å². The summed E-state index contributed by atoms with van der Waals surface area (Å²) >= 11 is 5.85. The van der Waals surface area contributed by atoms with Crippen LogP contribution in [0.5, 0.6) is 0 Å². The maximum atomic E-state index is 12.8. The molecule has 134 valence electrons. The van der Waals surface area contributed by atoms with Crippen molar-refractivity contribution in [3.05, 3.63) is 76.5 Å². The van der Waals surface area contributed by atoms with Gasteiger partial charge in [-0.15, -0.1) is 0 Å². The summed E-state index contributed by atoms with van der Waals surface area (Å²) in [7, 11) is 2.37. The molecule has 2 rings (SSSR count). The second-order valence-corrected chi connectivity index (χ2v) is 5.52. The minimum Gasteiger partial charge on any atom is -0.466 e. The fourth-order valence-electron chi connectivity index (χ4n) is 2.12. The zero-order valence-corrected chi connectivity index (χ0v) is 14.9. The molecular weight excluding hydrogens is 358 g/mol. The predicted octanol–water partition coefficient (Wildman–Crippen LogP) is 3.21. The third-order valence-electron chi connectivity index (χ3n) is 3.42. The molecule has 0 heterocycles. The van der Waals surface area contributed by atoms with E-state index in [1.807, 2.05) is 0 Å². The molecule has 7 heteroatoms. The Bertz CT molecular complexity index is 858. The summed E-state index contributed by atoms with van der Waals surface area (Å²) in [4.78, 5) is 36.1. The molecule has 2 aromatic carbocycles. The fourth-order valence-corrected chi connectivity index (χ4v) is 2.25. The Labute approximate surface area is 155 Å². The number of ketones is 1. The van der Waals surface area contributed by atoms with E-state index >= 15 is 0 Å². The highest BCUT2D eigenvalue weighted by Gasteiger charge is 2.18. The highest BCUT2D eigenvalue weighted by atomic mass is 35.5. The van der Waals surface area contributed by atoms with Gasteiger partial charge in [-0.3, -0.25) is 4.79 Å². The van der Waals surface area contributed by atoms with E-state index in [0.717, 1.165) is 6.08 Å². The SMILES string of the molecule is COC(=O)/C=C(/Nc1ccccc1C(=O)c1ccc(Cl)cc1)C(=O)OC. The van der Waals surface area contributed by atoms with E-state index in [1.54, 1.807) is 48.5 Å². The van der Waals surface area contributed by atoms with Crippen LogP contribution in [-0.4, -0.2) is 31.9 Å². The molecule has 1 N–H and O–H groups in total. The van der Waals surface area contributed by atoms with Crippen LogP contribution < -0.4 is 5.32 Å². The molecule has 6 nitrogen and oxygen atoms in total. The first kappa shape index (κ1) is 19.2. The van der Waals surface area contributed by atoms with Crippen LogP contribution in [0.4, 0.5) is 5.69 Å². The Balaban J connectivity index is 2.40. The summed E-state index contributed by atoms with van der Waals surface area (Å²) in [6.45, 7) is 0. The average molecular weight is 374 g/mol. The summed E-state index contributed by atoms with van der Waals surface area (Å²) in [5.41, 5.74) is 0.929. The summed E-state index contributed by atoms with van der Waals surface area (Å²) in [5.74, 6) is -1.78. The number of anilines is 1. The molecule has 0 fully saturated rings. The first-order chi connectivity index (χ1) is 12.5. The smallest absolute Gasteiger partial charge is 0.354 e. The Kier molecular flexibility index (Phi) is 6.52. The van der Waals surface area contributed by atoms with Gasteiger partial charge in [-0.25, -0.2) is 9.59 Å². The standard InChI is InChI=1S/C19H16ClNO5/c1-25-17(22)11-16(19(24)26-2)21-15-6-4-3-5-14(15)18(23)12-7-9-13(20)10-8-12/h3-11,21H,1-2H3/b16-11+. The lowest BCUT2D eigenvalue weighted by molar-refractivity contribution is -0.138. The molecule has 26 heavy (non-hydrogen) atoms. The number of halogens is 1. The van der Waals surface area contributed by atoms with E-state index in [4.69, 9.17) is 11.6 Å². The monoisotopic (exact) mass is 373 g/mol. The maximum Gasteiger partial charge on any atom is 0.354 e. The normalized spacial score (nSPS) is 10.8. The number of nitrogens with one attached hydrogen (secondary N) is 1. The number of hydrogen-bond donors (Lipinski definition) is 1. The van der Waals surface area contributed by atoms with Crippen LogP contribution in [0.25, 0.3) is 0 Å². The van der Waals surface area contributed by atoms with Crippen molar-refractivity contribution >= 4 is 35.0 Å². The summed E-state index contributed by atoms with van der Waals surface area (Å²) in [5, 5.41) is 3.28. The van der Waals surface area contributed by atoms with E-state index in [2.05, 4.69) is 14.8 Å². The molecule has 2 aromatic rings. The van der Waals surface area contributed by atoms with Crippen LogP contribution in [-0.2, 0) is 19.1 Å². The van der Waals surface area contributed by atoms with E-state index in [-0.39, 0.29) is 11.5 Å². The highest BCUT2D eigenvalue weighted by Crippen LogP contribution is 2.22. The van der Waals surface area contributed by atoms with Gasteiger partial charge in [-0.1, -0.05) is 23.7 Å². The zero-order chi connectivity index (χ0) is 19.1. The van der Waals surface area contributed by atoms with Crippen LogP contribution in [0, 0.1) is 0 Å². The number of ether oxygens (including phenoxy) is 2. The molecule has 0 aliphatic carbocycles. The number of para-hydroxylation sites is 1. The quantitative estimate of drug-likeness (QED) is 0.475. The molecule has 0 saturated carbocycles. The van der Waals surface area contributed by atoms with Crippen LogP contribution in [0.1, 0.15) is 15.9 Å². The lowest BCUT2D eigenvalue weighted by atomic mass is 10.0. The second-order valence-electron chi connectivity index (χ2n) is 5.08. The lowest BCUT2D eigenvalue weighted by Crippen LogP contribution is -2.17. The van der Waals surface area contributed by atoms with Crippen molar-refractivity contribution in [3.63, 3.8) is 0 Å². The van der Waals surface area contributed by atoms with Crippen LogP contribution in [0.3, 0.4) is 0 Å². The largest absolute Gasteiger partial charge is 0.466 e. The molecule has 0 bridgehead atoms. The van der Waals surface area contributed by atoms with Crippen LogP contribution in [0.15, 0.2) is 60.3 Å². The van der Waals surface area contributed by atoms with Crippen molar-refractivity contribution in [3.8, 4) is 0 Å². The number of hydrogen-bond acceptors (Lipinski definition) is 6. The van der Waals surface area contributed by atoms with Gasteiger partial charge in [0.15, 0.2) is 5.78 Å². The molecule has 0 aliphatic rings. The van der Waals surface area contributed by atoms with Gasteiger partial charge in [0.05, 0.1) is 20.3 Å². The third-order valence-corrected chi connectivity index (χ3v) is 3.67. The van der Waals surface area contributed by atoms with Gasteiger partial charge >= 0.3 is 11.9 Å². The average Bonchev–Trinajstić information content (AvgIpc) is 2.67. The third kappa shape index (κ3) is 4.70. The Hall–Kier alpha value is -3.12. The topological polar surface area (TPSA) is 81.7 Å². The van der Waals surface area contributed by atoms with E-state index in [1.165, 1.54) is 14.2 Å². The fraction of sp³-hybridized carbons (Fsp3) is 0.105. The van der Waals surface area contributed by atoms with Crippen LogP contribution >= 0.6 is 11.6 Å². The molecule has 0 aromatic heterocycles. The van der Waals surface area contributed by atoms with Gasteiger partial charge < -0.3 is 14.8 Å². The Morgan fingerprint density at radius 1 is 0.962 bits per heavy atom. The van der Waals surface area contributed by atoms with Crippen molar-refractivity contribution in [2.45, 2.75) is 0 Å². The van der Waals surface area contributed by atoms with Crippen molar-refractivity contribution in [2.24, 2.45) is 0 Å². The first-order valence-electron chi connectivity index (χ1n) is 7.50. The number of carbonyl (C=O) groups is 3. The van der Waals surface area contributed by atoms with Crippen LogP contribution in [0.2, 0.25) is 5.02 Å². The summed E-state index contributed by atoms with van der Waals surface area (Å²) in [6.07, 6.45) is 0.954. The van der Waals surface area contributed by atoms with Crippen molar-refractivity contribution in [1.29, 1.82) is 0 Å². The Morgan fingerprint density at radius 2 is 1.62 bits per heavy atom. The predicted molar refractivity (Wildman–Crippen MR) is 97.1 cm³/mol. The van der Waals surface area contributed by atoms with E-state index in [0.29, 0.717) is 21.8 Å². The zero-order valence-electron chi connectivity index (χ0n) is 14.1. The number of methoxy groups -OCH3 is 2. The summed E-state index contributed by atoms with van der Waals surface area (Å²) in [6, 6.07) is 13.0. The van der Waals surface area contributed by atoms with Gasteiger partial charge in [0.1, 0.15) is 5.70 Å². The van der Waals surface area contributed by atoms with Crippen molar-refractivity contribution < 1.29 is 23.9 Å². The highest BCUT2D eigenvalue weighted by molar-refractivity contribution is 6.30. The van der Waals surface area contributed by atoms with Crippen molar-refractivity contribution in [2.75, 3.05) is 19.5 Å². The molecule has 0 saturated heterocycles. The number of carbonyl (C=O) groups excluding carboxylic acids is 3. The van der Waals surface area contributed by atoms with Crippen molar-refractivity contribution in [1.82, 2.24) is 0 Å². The van der Waals surface area contributed by atoms with Gasteiger partial charge in [0, 0.05) is 21.8 Å². The molecule has 0 atom stereocenters. The van der Waals surface area contributed by atoms with Gasteiger partial charge in [0.25, 0.3) is 0 Å². The number of esters is 2. The second kappa shape index (κ2) is 8.82. The molecule has 0 radical (unpaired) electrons. The molecule has 0 amide bonds. The molecule has 0 unspecified atom stereocenters. The lowest BCUT2D eigenvalue weighted by Gasteiger charge is -2.13. The molecule has 0 spiro atoms. The number of benzene rings is 2. The molecular formula is C19H16ClNO5. The summed E-state index contributed by atoms with van der Waals surface area (Å²) < 4.78 is 9.18. The first-order valence-corrected chi connectivity index (χ1v) is 7.88. The van der Waals surface area contributed by atoms with E-state index < -0.39 is 11.9 Å². The minimum atomic E-state index is -0.774. The van der Waals surface area contributed by atoms with Gasteiger partial charge in [-0.05, 0) is 36.4 Å². The molecule has 0 aliphatic heterocycles. The number of rotatable bonds is 6. The maximum absolute atomic E-state index is 12.8. The van der Waals surface area contributed by atoms with Gasteiger partial charge in [0.2, 0.25) is 0 Å². The minimum absolute atomic E-state index is 0.157. The van der Waals surface area contributed by atoms with Gasteiger partial charge in [-0.2, -0.15) is 0 Å². The Morgan fingerprint density at radius 3 is 2.23 bits per heavy atom.